The Morgan fingerprint density at radius 1 is 1.57 bits per heavy atom. The van der Waals surface area contributed by atoms with E-state index in [2.05, 4.69) is 4.98 Å². The van der Waals surface area contributed by atoms with E-state index in [4.69, 9.17) is 4.74 Å². The van der Waals surface area contributed by atoms with Crippen molar-refractivity contribution in [3.63, 3.8) is 0 Å². The molecule has 4 nitrogen and oxygen atoms in total. The second kappa shape index (κ2) is 3.49. The highest BCUT2D eigenvalue weighted by molar-refractivity contribution is 5.56. The highest BCUT2D eigenvalue weighted by atomic mass is 16.5. The summed E-state index contributed by atoms with van der Waals surface area (Å²) in [5, 5.41) is 0. The van der Waals surface area contributed by atoms with Crippen molar-refractivity contribution in [3.05, 3.63) is 30.2 Å². The zero-order valence-corrected chi connectivity index (χ0v) is 7.80. The lowest BCUT2D eigenvalue weighted by atomic mass is 10.4. The number of hydrogen-bond donors (Lipinski definition) is 0. The first kappa shape index (κ1) is 8.74. The number of carbonyl (C=O) groups is 1. The van der Waals surface area contributed by atoms with Gasteiger partial charge in [0, 0.05) is 0 Å². The van der Waals surface area contributed by atoms with Crippen LogP contribution in [0.5, 0.6) is 5.88 Å². The molecule has 14 heavy (non-hydrogen) atoms. The lowest BCUT2D eigenvalue weighted by Crippen LogP contribution is -1.99. The molecule has 2 heterocycles. The molecule has 0 saturated heterocycles. The van der Waals surface area contributed by atoms with E-state index >= 15 is 0 Å². The van der Waals surface area contributed by atoms with Gasteiger partial charge in [0.2, 0.25) is 0 Å². The van der Waals surface area contributed by atoms with Crippen molar-refractivity contribution in [2.45, 2.75) is 6.42 Å². The van der Waals surface area contributed by atoms with Crippen LogP contribution in [0.2, 0.25) is 0 Å². The van der Waals surface area contributed by atoms with Crippen LogP contribution in [0.1, 0.15) is 5.82 Å². The molecule has 0 aliphatic carbocycles. The molecule has 0 aliphatic heterocycles. The number of methoxy groups -OCH3 is 1. The van der Waals surface area contributed by atoms with Crippen LogP contribution in [0.25, 0.3) is 5.52 Å². The summed E-state index contributed by atoms with van der Waals surface area (Å²) in [5.41, 5.74) is 0.932. The van der Waals surface area contributed by atoms with Gasteiger partial charge in [-0.25, -0.2) is 4.98 Å². The smallest absolute Gasteiger partial charge is 0.199 e. The van der Waals surface area contributed by atoms with Crippen molar-refractivity contribution in [1.29, 1.82) is 0 Å². The number of aromatic nitrogens is 2. The number of nitrogens with zero attached hydrogens (tertiary/aromatic N) is 2. The van der Waals surface area contributed by atoms with E-state index in [0.717, 1.165) is 11.8 Å². The monoisotopic (exact) mass is 190 g/mol. The molecule has 0 saturated carbocycles. The molecular weight excluding hydrogens is 180 g/mol. The quantitative estimate of drug-likeness (QED) is 0.680. The van der Waals surface area contributed by atoms with E-state index in [-0.39, 0.29) is 0 Å². The van der Waals surface area contributed by atoms with Gasteiger partial charge < -0.3 is 9.53 Å². The highest BCUT2D eigenvalue weighted by Gasteiger charge is 2.06. The molecule has 0 atom stereocenters. The Balaban J connectivity index is 2.67. The molecule has 0 aromatic carbocycles. The highest BCUT2D eigenvalue weighted by Crippen LogP contribution is 2.16. The number of pyridine rings is 1. The maximum absolute atomic E-state index is 10.4. The molecule has 0 bridgehead atoms. The fraction of sp³-hybridized carbons (Fsp3) is 0.200. The van der Waals surface area contributed by atoms with Crippen molar-refractivity contribution in [1.82, 2.24) is 9.38 Å². The summed E-state index contributed by atoms with van der Waals surface area (Å²) in [5.74, 6) is 1.39. The Kier molecular flexibility index (Phi) is 2.18. The zero-order valence-electron chi connectivity index (χ0n) is 7.80. The summed E-state index contributed by atoms with van der Waals surface area (Å²) in [6.45, 7) is 0. The lowest BCUT2D eigenvalue weighted by Gasteiger charge is -2.05. The van der Waals surface area contributed by atoms with Gasteiger partial charge in [-0.2, -0.15) is 0 Å². The lowest BCUT2D eigenvalue weighted by molar-refractivity contribution is -0.107. The van der Waals surface area contributed by atoms with Crippen molar-refractivity contribution in [2.24, 2.45) is 0 Å². The maximum atomic E-state index is 10.4. The summed E-state index contributed by atoms with van der Waals surface area (Å²) in [6, 6.07) is 5.65. The van der Waals surface area contributed by atoms with Crippen molar-refractivity contribution >= 4 is 11.8 Å². The maximum Gasteiger partial charge on any atom is 0.199 e. The first-order valence-corrected chi connectivity index (χ1v) is 4.30. The van der Waals surface area contributed by atoms with Crippen LogP contribution in [-0.2, 0) is 11.2 Å². The molecule has 2 rings (SSSR count). The minimum atomic E-state index is 0.300. The topological polar surface area (TPSA) is 43.6 Å². The van der Waals surface area contributed by atoms with Gasteiger partial charge in [0.15, 0.2) is 5.88 Å². The fourth-order valence-electron chi connectivity index (χ4n) is 1.46. The molecule has 0 spiro atoms. The normalized spacial score (nSPS) is 10.4. The fourth-order valence-corrected chi connectivity index (χ4v) is 1.46. The Labute approximate surface area is 81.1 Å². The third-order valence-electron chi connectivity index (χ3n) is 2.06. The predicted molar refractivity (Wildman–Crippen MR) is 51.5 cm³/mol. The molecule has 0 unspecified atom stereocenters. The number of aldehydes is 1. The molecule has 0 fully saturated rings. The Bertz CT molecular complexity index is 462. The Hall–Kier alpha value is -1.84. The van der Waals surface area contributed by atoms with Crippen LogP contribution in [0.4, 0.5) is 0 Å². The number of ether oxygens (including phenoxy) is 1. The molecule has 0 amide bonds. The van der Waals surface area contributed by atoms with Gasteiger partial charge in [-0.05, 0) is 12.1 Å². The molecule has 2 aromatic rings. The average Bonchev–Trinajstić information content (AvgIpc) is 2.62. The average molecular weight is 190 g/mol. The summed E-state index contributed by atoms with van der Waals surface area (Å²) in [4.78, 5) is 14.6. The molecule has 0 radical (unpaired) electrons. The van der Waals surface area contributed by atoms with Gasteiger partial charge in [-0.15, -0.1) is 0 Å². The van der Waals surface area contributed by atoms with Crippen LogP contribution < -0.4 is 4.74 Å². The summed E-state index contributed by atoms with van der Waals surface area (Å²) in [6.07, 6.45) is 2.86. The summed E-state index contributed by atoms with van der Waals surface area (Å²) >= 11 is 0. The number of hydrogen-bond acceptors (Lipinski definition) is 3. The van der Waals surface area contributed by atoms with E-state index < -0.39 is 0 Å². The van der Waals surface area contributed by atoms with Crippen LogP contribution in [0.3, 0.4) is 0 Å². The predicted octanol–water partition coefficient (Wildman–Crippen LogP) is 1.08. The molecule has 0 aliphatic rings. The molecular formula is C10H10N2O2. The van der Waals surface area contributed by atoms with Crippen molar-refractivity contribution in [3.8, 4) is 5.88 Å². The molecule has 0 N–H and O–H groups in total. The number of rotatable bonds is 3. The van der Waals surface area contributed by atoms with Gasteiger partial charge >= 0.3 is 0 Å². The van der Waals surface area contributed by atoms with E-state index in [0.29, 0.717) is 18.1 Å². The summed E-state index contributed by atoms with van der Waals surface area (Å²) in [7, 11) is 1.60. The summed E-state index contributed by atoms with van der Waals surface area (Å²) < 4.78 is 7.01. The van der Waals surface area contributed by atoms with Crippen LogP contribution in [-0.4, -0.2) is 22.8 Å². The van der Waals surface area contributed by atoms with Gasteiger partial charge in [-0.1, -0.05) is 6.07 Å². The molecule has 72 valence electrons. The van der Waals surface area contributed by atoms with Crippen molar-refractivity contribution in [2.75, 3.05) is 7.11 Å². The first-order valence-electron chi connectivity index (χ1n) is 4.30. The Morgan fingerprint density at radius 2 is 2.43 bits per heavy atom. The minimum Gasteiger partial charge on any atom is -0.482 e. The third kappa shape index (κ3) is 1.25. The van der Waals surface area contributed by atoms with Crippen LogP contribution in [0, 0.1) is 0 Å². The number of fused-ring (bicyclic) bond motifs is 1. The largest absolute Gasteiger partial charge is 0.482 e. The van der Waals surface area contributed by atoms with Gasteiger partial charge in [-0.3, -0.25) is 4.40 Å². The SMILES string of the molecule is COc1cccc2cnc(CC=O)n12. The standard InChI is InChI=1S/C10H10N2O2/c1-14-10-4-2-3-8-7-11-9(5-6-13)12(8)10/h2-4,6-7H,5H2,1H3. The van der Waals surface area contributed by atoms with Gasteiger partial charge in [0.05, 0.1) is 25.2 Å². The number of imidazole rings is 1. The molecule has 2 aromatic heterocycles. The number of carbonyl (C=O) groups excluding carboxylic acids is 1. The van der Waals surface area contributed by atoms with Gasteiger partial charge in [0.25, 0.3) is 0 Å². The van der Waals surface area contributed by atoms with Crippen LogP contribution in [0.15, 0.2) is 24.4 Å². The van der Waals surface area contributed by atoms with Gasteiger partial charge in [0.1, 0.15) is 12.1 Å². The Morgan fingerprint density at radius 3 is 3.14 bits per heavy atom. The van der Waals surface area contributed by atoms with Crippen LogP contribution >= 0.6 is 0 Å². The second-order valence-corrected chi connectivity index (χ2v) is 2.87. The van der Waals surface area contributed by atoms with E-state index in [1.54, 1.807) is 13.3 Å². The third-order valence-corrected chi connectivity index (χ3v) is 2.06. The minimum absolute atomic E-state index is 0.300. The van der Waals surface area contributed by atoms with E-state index in [1.807, 2.05) is 22.6 Å². The molecule has 4 heteroatoms. The van der Waals surface area contributed by atoms with E-state index in [1.165, 1.54) is 0 Å². The van der Waals surface area contributed by atoms with Crippen molar-refractivity contribution < 1.29 is 9.53 Å². The first-order chi connectivity index (χ1) is 6.86. The van der Waals surface area contributed by atoms with E-state index in [9.17, 15) is 4.79 Å². The second-order valence-electron chi connectivity index (χ2n) is 2.87. The zero-order chi connectivity index (χ0) is 9.97.